The van der Waals surface area contributed by atoms with Crippen molar-refractivity contribution in [3.8, 4) is 0 Å². The zero-order valence-electron chi connectivity index (χ0n) is 12.3. The van der Waals surface area contributed by atoms with Crippen molar-refractivity contribution >= 4 is 23.1 Å². The van der Waals surface area contributed by atoms with Gasteiger partial charge in [0.25, 0.3) is 0 Å². The van der Waals surface area contributed by atoms with Gasteiger partial charge in [-0.15, -0.1) is 6.58 Å². The lowest BCUT2D eigenvalue weighted by atomic mass is 10.0. The van der Waals surface area contributed by atoms with Crippen molar-refractivity contribution in [2.45, 2.75) is 45.6 Å². The number of carbonyl (C=O) groups excluding carboxylic acids is 1. The van der Waals surface area contributed by atoms with E-state index in [1.165, 1.54) is 25.7 Å². The number of rotatable bonds is 5. The van der Waals surface area contributed by atoms with Crippen LogP contribution in [0.3, 0.4) is 0 Å². The summed E-state index contributed by atoms with van der Waals surface area (Å²) in [4.78, 5) is 14.1. The van der Waals surface area contributed by atoms with Crippen LogP contribution in [0.15, 0.2) is 24.8 Å². The Morgan fingerprint density at radius 1 is 1.45 bits per heavy atom. The maximum absolute atomic E-state index is 11.8. The Hall–Kier alpha value is -1.28. The second-order valence-electron chi connectivity index (χ2n) is 5.53. The molecule has 1 saturated carbocycles. The van der Waals surface area contributed by atoms with Gasteiger partial charge >= 0.3 is 0 Å². The number of hydrogen-bond acceptors (Lipinski definition) is 2. The van der Waals surface area contributed by atoms with Gasteiger partial charge in [0.05, 0.1) is 0 Å². The molecular formula is C17H22ClNO. The third kappa shape index (κ3) is 3.06. The average Bonchev–Trinajstić information content (AvgIpc) is 2.92. The van der Waals surface area contributed by atoms with Gasteiger partial charge in [-0.3, -0.25) is 4.79 Å². The normalized spacial score (nSPS) is 15.3. The van der Waals surface area contributed by atoms with Crippen LogP contribution in [-0.4, -0.2) is 18.4 Å². The van der Waals surface area contributed by atoms with Gasteiger partial charge < -0.3 is 4.90 Å². The molecule has 1 aromatic rings. The van der Waals surface area contributed by atoms with Gasteiger partial charge in [0.1, 0.15) is 0 Å². The molecule has 0 radical (unpaired) electrons. The van der Waals surface area contributed by atoms with E-state index in [4.69, 9.17) is 11.6 Å². The highest BCUT2D eigenvalue weighted by Gasteiger charge is 2.24. The molecule has 1 aliphatic carbocycles. The fourth-order valence-corrected chi connectivity index (χ4v) is 3.34. The number of halogens is 1. The molecule has 1 aromatic carbocycles. The first kappa shape index (κ1) is 15.1. The van der Waals surface area contributed by atoms with Crippen molar-refractivity contribution in [1.82, 2.24) is 0 Å². The van der Waals surface area contributed by atoms with E-state index in [1.807, 2.05) is 19.1 Å². The molecule has 0 aromatic heterocycles. The number of ketones is 1. The summed E-state index contributed by atoms with van der Waals surface area (Å²) in [7, 11) is 0. The number of benzene rings is 1. The quantitative estimate of drug-likeness (QED) is 0.574. The number of Topliss-reactive ketones (excluding diaryl/α,β-unsaturated/α-hetero) is 1. The molecule has 0 N–H and O–H groups in total. The van der Waals surface area contributed by atoms with Crippen LogP contribution in [0.25, 0.3) is 0 Å². The predicted octanol–water partition coefficient (Wildman–Crippen LogP) is 4.79. The first-order valence-corrected chi connectivity index (χ1v) is 7.61. The van der Waals surface area contributed by atoms with Crippen molar-refractivity contribution in [3.05, 3.63) is 40.9 Å². The second-order valence-corrected chi connectivity index (χ2v) is 5.97. The molecule has 20 heavy (non-hydrogen) atoms. The summed E-state index contributed by atoms with van der Waals surface area (Å²) in [6.45, 7) is 8.26. The molecule has 0 bridgehead atoms. The Bertz CT molecular complexity index is 518. The van der Waals surface area contributed by atoms with Gasteiger partial charge in [0, 0.05) is 28.9 Å². The average molecular weight is 292 g/mol. The smallest absolute Gasteiger partial charge is 0.160 e. The molecule has 0 saturated heterocycles. The number of carbonyl (C=O) groups is 1. The summed E-state index contributed by atoms with van der Waals surface area (Å²) in [5.41, 5.74) is 2.82. The summed E-state index contributed by atoms with van der Waals surface area (Å²) in [6, 6.07) is 4.28. The molecule has 0 atom stereocenters. The summed E-state index contributed by atoms with van der Waals surface area (Å²) in [6.07, 6.45) is 6.88. The number of nitrogens with zero attached hydrogens (tertiary/aromatic N) is 1. The summed E-state index contributed by atoms with van der Waals surface area (Å²) < 4.78 is 0. The Labute approximate surface area is 126 Å². The summed E-state index contributed by atoms with van der Waals surface area (Å²) in [5, 5.41) is 0.628. The highest BCUT2D eigenvalue weighted by Crippen LogP contribution is 2.33. The van der Waals surface area contributed by atoms with E-state index < -0.39 is 0 Å². The number of hydrogen-bond donors (Lipinski definition) is 0. The van der Waals surface area contributed by atoms with Gasteiger partial charge in [-0.2, -0.15) is 0 Å². The Morgan fingerprint density at radius 3 is 2.65 bits per heavy atom. The van der Waals surface area contributed by atoms with E-state index >= 15 is 0 Å². The third-order valence-electron chi connectivity index (χ3n) is 4.13. The van der Waals surface area contributed by atoms with Crippen LogP contribution in [0.4, 0.5) is 5.69 Å². The van der Waals surface area contributed by atoms with Crippen LogP contribution in [0.1, 0.15) is 48.5 Å². The fourth-order valence-electron chi connectivity index (χ4n) is 3.13. The second kappa shape index (κ2) is 6.45. The zero-order chi connectivity index (χ0) is 14.7. The van der Waals surface area contributed by atoms with Crippen molar-refractivity contribution in [3.63, 3.8) is 0 Å². The van der Waals surface area contributed by atoms with Crippen LogP contribution < -0.4 is 4.90 Å². The Kier molecular flexibility index (Phi) is 4.87. The van der Waals surface area contributed by atoms with E-state index in [1.54, 1.807) is 13.0 Å². The maximum Gasteiger partial charge on any atom is 0.160 e. The summed E-state index contributed by atoms with van der Waals surface area (Å²) in [5.74, 6) is 0.0659. The lowest BCUT2D eigenvalue weighted by Crippen LogP contribution is -2.34. The Balaban J connectivity index is 2.46. The molecule has 0 unspecified atom stereocenters. The standard InChI is InChI=1S/C17H22ClNO/c1-4-9-19(15-7-5-6-8-15)17-11-14(18)10-16(12(17)2)13(3)20/h4,10-11,15H,1,5-9H2,2-3H3. The van der Waals surface area contributed by atoms with Crippen LogP contribution >= 0.6 is 11.6 Å². The van der Waals surface area contributed by atoms with E-state index in [0.29, 0.717) is 11.1 Å². The fraction of sp³-hybridized carbons (Fsp3) is 0.471. The lowest BCUT2D eigenvalue weighted by Gasteiger charge is -2.32. The van der Waals surface area contributed by atoms with E-state index in [-0.39, 0.29) is 5.78 Å². The van der Waals surface area contributed by atoms with Gasteiger partial charge in [0.2, 0.25) is 0 Å². The van der Waals surface area contributed by atoms with Crippen molar-refractivity contribution in [2.24, 2.45) is 0 Å². The molecular weight excluding hydrogens is 270 g/mol. The lowest BCUT2D eigenvalue weighted by molar-refractivity contribution is 0.101. The van der Waals surface area contributed by atoms with Gasteiger partial charge in [-0.05, 0) is 44.4 Å². The minimum absolute atomic E-state index is 0.0659. The molecule has 3 heteroatoms. The molecule has 108 valence electrons. The molecule has 0 heterocycles. The topological polar surface area (TPSA) is 20.3 Å². The van der Waals surface area contributed by atoms with Crippen LogP contribution in [0, 0.1) is 6.92 Å². The molecule has 2 rings (SSSR count). The minimum atomic E-state index is 0.0659. The first-order valence-electron chi connectivity index (χ1n) is 7.23. The van der Waals surface area contributed by atoms with Crippen LogP contribution in [-0.2, 0) is 0 Å². The van der Waals surface area contributed by atoms with E-state index in [0.717, 1.165) is 23.4 Å². The predicted molar refractivity (Wildman–Crippen MR) is 86.0 cm³/mol. The van der Waals surface area contributed by atoms with Crippen LogP contribution in [0.2, 0.25) is 5.02 Å². The first-order chi connectivity index (χ1) is 9.54. The van der Waals surface area contributed by atoms with Gasteiger partial charge in [0.15, 0.2) is 5.78 Å². The molecule has 0 aliphatic heterocycles. The monoisotopic (exact) mass is 291 g/mol. The van der Waals surface area contributed by atoms with Crippen molar-refractivity contribution < 1.29 is 4.79 Å². The molecule has 1 aliphatic rings. The third-order valence-corrected chi connectivity index (χ3v) is 4.34. The van der Waals surface area contributed by atoms with Crippen LogP contribution in [0.5, 0.6) is 0 Å². The Morgan fingerprint density at radius 2 is 2.10 bits per heavy atom. The molecule has 1 fully saturated rings. The minimum Gasteiger partial charge on any atom is -0.365 e. The van der Waals surface area contributed by atoms with E-state index in [2.05, 4.69) is 11.5 Å². The SMILES string of the molecule is C=CCN(c1cc(Cl)cc(C(C)=O)c1C)C1CCCC1. The van der Waals surface area contributed by atoms with Crippen molar-refractivity contribution in [1.29, 1.82) is 0 Å². The molecule has 0 spiro atoms. The zero-order valence-corrected chi connectivity index (χ0v) is 13.0. The highest BCUT2D eigenvalue weighted by atomic mass is 35.5. The van der Waals surface area contributed by atoms with Crippen molar-refractivity contribution in [2.75, 3.05) is 11.4 Å². The van der Waals surface area contributed by atoms with Gasteiger partial charge in [-0.25, -0.2) is 0 Å². The van der Waals surface area contributed by atoms with E-state index in [9.17, 15) is 4.79 Å². The highest BCUT2D eigenvalue weighted by molar-refractivity contribution is 6.31. The summed E-state index contributed by atoms with van der Waals surface area (Å²) >= 11 is 6.21. The maximum atomic E-state index is 11.8. The number of anilines is 1. The molecule has 2 nitrogen and oxygen atoms in total. The molecule has 0 amide bonds. The largest absolute Gasteiger partial charge is 0.365 e. The van der Waals surface area contributed by atoms with Gasteiger partial charge in [-0.1, -0.05) is 30.5 Å².